The van der Waals surface area contributed by atoms with E-state index in [1.54, 1.807) is 12.1 Å². The number of hydrogen-bond acceptors (Lipinski definition) is 4. The van der Waals surface area contributed by atoms with Crippen LogP contribution in [-0.2, 0) is 0 Å². The van der Waals surface area contributed by atoms with Crippen LogP contribution in [0.1, 0.15) is 56.3 Å². The summed E-state index contributed by atoms with van der Waals surface area (Å²) < 4.78 is 0. The van der Waals surface area contributed by atoms with Gasteiger partial charge in [0.25, 0.3) is 0 Å². The molecule has 1 heterocycles. The number of carboxylic acid groups (broad SMARTS) is 1. The van der Waals surface area contributed by atoms with E-state index in [1.165, 1.54) is 11.1 Å². The number of carboxylic acids is 1. The van der Waals surface area contributed by atoms with Crippen molar-refractivity contribution in [2.45, 2.75) is 33.1 Å². The van der Waals surface area contributed by atoms with Crippen molar-refractivity contribution in [3.63, 3.8) is 0 Å². The van der Waals surface area contributed by atoms with Crippen LogP contribution in [0.15, 0.2) is 90.1 Å². The minimum absolute atomic E-state index is 0.0145. The van der Waals surface area contributed by atoms with Crippen molar-refractivity contribution in [2.75, 3.05) is 0 Å². The molecule has 0 radical (unpaired) electrons. The Hall–Kier alpha value is -4.25. The molecule has 5 heteroatoms. The zero-order chi connectivity index (χ0) is 24.9. The van der Waals surface area contributed by atoms with Gasteiger partial charge in [0, 0.05) is 29.3 Å². The van der Waals surface area contributed by atoms with Gasteiger partial charge in [-0.2, -0.15) is 0 Å². The highest BCUT2D eigenvalue weighted by molar-refractivity contribution is 6.01. The smallest absolute Gasteiger partial charge is 0.335 e. The lowest BCUT2D eigenvalue weighted by molar-refractivity contribution is 0.0697. The van der Waals surface area contributed by atoms with Gasteiger partial charge in [0.15, 0.2) is 0 Å². The SMILES string of the molecule is Cc1cc(C(C[C@H](c2ccc(-c3ccc(C(=O)O)cc3)cc2)c2ccccc2C)=NO)cc(C)n1. The zero-order valence-corrected chi connectivity index (χ0v) is 20.1. The molecule has 1 aromatic heterocycles. The highest BCUT2D eigenvalue weighted by atomic mass is 16.4. The molecule has 3 aromatic carbocycles. The third-order valence-electron chi connectivity index (χ3n) is 6.28. The largest absolute Gasteiger partial charge is 0.478 e. The lowest BCUT2D eigenvalue weighted by atomic mass is 9.83. The fraction of sp³-hybridized carbons (Fsp3) is 0.167. The number of aromatic nitrogens is 1. The Labute approximate surface area is 205 Å². The van der Waals surface area contributed by atoms with Crippen molar-refractivity contribution >= 4 is 11.7 Å². The molecule has 0 amide bonds. The number of oxime groups is 1. The van der Waals surface area contributed by atoms with E-state index < -0.39 is 5.97 Å². The maximum absolute atomic E-state index is 11.2. The second-order valence-electron chi connectivity index (χ2n) is 8.80. The van der Waals surface area contributed by atoms with Crippen LogP contribution < -0.4 is 0 Å². The maximum atomic E-state index is 11.2. The molecule has 176 valence electrons. The summed E-state index contributed by atoms with van der Waals surface area (Å²) in [6.07, 6.45) is 0.525. The molecule has 0 aliphatic heterocycles. The molecular weight excluding hydrogens is 436 g/mol. The van der Waals surface area contributed by atoms with E-state index in [-0.39, 0.29) is 11.5 Å². The summed E-state index contributed by atoms with van der Waals surface area (Å²) in [5.41, 5.74) is 8.92. The van der Waals surface area contributed by atoms with Crippen molar-refractivity contribution in [1.82, 2.24) is 4.98 Å². The number of pyridine rings is 1. The van der Waals surface area contributed by atoms with Gasteiger partial charge < -0.3 is 10.3 Å². The Morgan fingerprint density at radius 1 is 0.829 bits per heavy atom. The number of carbonyl (C=O) groups is 1. The van der Waals surface area contributed by atoms with Crippen LogP contribution >= 0.6 is 0 Å². The van der Waals surface area contributed by atoms with E-state index in [2.05, 4.69) is 41.3 Å². The monoisotopic (exact) mass is 464 g/mol. The highest BCUT2D eigenvalue weighted by Gasteiger charge is 2.21. The number of rotatable bonds is 7. The standard InChI is InChI=1S/C30H28N2O3/c1-19-6-4-5-7-27(19)28(18-29(32-35)26-16-20(2)31-21(3)17-26)24-12-8-22(9-13-24)23-10-14-25(15-11-23)30(33)34/h4-17,28,35H,18H2,1-3H3,(H,33,34)/t28-/m1/s1. The lowest BCUT2D eigenvalue weighted by Crippen LogP contribution is -2.12. The third-order valence-corrected chi connectivity index (χ3v) is 6.28. The Morgan fingerprint density at radius 3 is 1.94 bits per heavy atom. The molecule has 0 aliphatic carbocycles. The molecule has 0 fully saturated rings. The number of hydrogen-bond donors (Lipinski definition) is 2. The topological polar surface area (TPSA) is 82.8 Å². The van der Waals surface area contributed by atoms with E-state index in [0.29, 0.717) is 12.1 Å². The summed E-state index contributed by atoms with van der Waals surface area (Å²) >= 11 is 0. The lowest BCUT2D eigenvalue weighted by Gasteiger charge is -2.21. The highest BCUT2D eigenvalue weighted by Crippen LogP contribution is 2.33. The van der Waals surface area contributed by atoms with Gasteiger partial charge in [0.1, 0.15) is 0 Å². The predicted molar refractivity (Wildman–Crippen MR) is 139 cm³/mol. The second-order valence-corrected chi connectivity index (χ2v) is 8.80. The number of nitrogens with zero attached hydrogens (tertiary/aromatic N) is 2. The van der Waals surface area contributed by atoms with Gasteiger partial charge in [-0.15, -0.1) is 0 Å². The van der Waals surface area contributed by atoms with Crippen LogP contribution in [0.25, 0.3) is 11.1 Å². The van der Waals surface area contributed by atoms with Gasteiger partial charge in [-0.1, -0.05) is 65.8 Å². The van der Waals surface area contributed by atoms with E-state index in [0.717, 1.165) is 33.6 Å². The quantitative estimate of drug-likeness (QED) is 0.180. The average Bonchev–Trinajstić information content (AvgIpc) is 2.85. The Balaban J connectivity index is 1.70. The van der Waals surface area contributed by atoms with Gasteiger partial charge in [0.2, 0.25) is 0 Å². The first-order valence-electron chi connectivity index (χ1n) is 11.5. The summed E-state index contributed by atoms with van der Waals surface area (Å²) in [6, 6.07) is 27.3. The van der Waals surface area contributed by atoms with Gasteiger partial charge in [-0.05, 0) is 72.9 Å². The summed E-state index contributed by atoms with van der Waals surface area (Å²) in [7, 11) is 0. The molecule has 5 nitrogen and oxygen atoms in total. The zero-order valence-electron chi connectivity index (χ0n) is 20.1. The minimum Gasteiger partial charge on any atom is -0.478 e. The van der Waals surface area contributed by atoms with Gasteiger partial charge >= 0.3 is 5.97 Å². The molecule has 0 unspecified atom stereocenters. The molecule has 0 bridgehead atoms. The van der Waals surface area contributed by atoms with Crippen LogP contribution in [0.3, 0.4) is 0 Å². The number of aryl methyl sites for hydroxylation is 3. The van der Waals surface area contributed by atoms with Crippen molar-refractivity contribution in [3.8, 4) is 11.1 Å². The van der Waals surface area contributed by atoms with E-state index >= 15 is 0 Å². The fourth-order valence-corrected chi connectivity index (χ4v) is 4.51. The van der Waals surface area contributed by atoms with Crippen LogP contribution in [0, 0.1) is 20.8 Å². The molecule has 1 atom stereocenters. The van der Waals surface area contributed by atoms with Crippen molar-refractivity contribution in [1.29, 1.82) is 0 Å². The fourth-order valence-electron chi connectivity index (χ4n) is 4.51. The van der Waals surface area contributed by atoms with Gasteiger partial charge in [-0.25, -0.2) is 4.79 Å². The Kier molecular flexibility index (Phi) is 7.06. The van der Waals surface area contributed by atoms with Crippen molar-refractivity contribution < 1.29 is 15.1 Å². The van der Waals surface area contributed by atoms with Crippen LogP contribution in [0.2, 0.25) is 0 Å². The van der Waals surface area contributed by atoms with Crippen LogP contribution in [-0.4, -0.2) is 27.0 Å². The maximum Gasteiger partial charge on any atom is 0.335 e. The van der Waals surface area contributed by atoms with Crippen LogP contribution in [0.4, 0.5) is 0 Å². The second kappa shape index (κ2) is 10.3. The molecule has 2 N–H and O–H groups in total. The third kappa shape index (κ3) is 5.46. The van der Waals surface area contributed by atoms with E-state index in [9.17, 15) is 10.0 Å². The summed E-state index contributed by atoms with van der Waals surface area (Å²) in [6.45, 7) is 5.97. The minimum atomic E-state index is -0.936. The van der Waals surface area contributed by atoms with Crippen molar-refractivity contribution in [2.24, 2.45) is 5.16 Å². The molecule has 4 rings (SSSR count). The Morgan fingerprint density at radius 2 is 1.40 bits per heavy atom. The van der Waals surface area contributed by atoms with E-state index in [1.807, 2.05) is 62.4 Å². The predicted octanol–water partition coefficient (Wildman–Crippen LogP) is 6.77. The molecule has 0 saturated heterocycles. The first kappa shape index (κ1) is 23.9. The first-order chi connectivity index (χ1) is 16.9. The molecule has 35 heavy (non-hydrogen) atoms. The average molecular weight is 465 g/mol. The summed E-state index contributed by atoms with van der Waals surface area (Å²) in [5, 5.41) is 22.8. The first-order valence-corrected chi connectivity index (χ1v) is 11.5. The molecule has 0 saturated carbocycles. The summed E-state index contributed by atoms with van der Waals surface area (Å²) in [5.74, 6) is -0.951. The van der Waals surface area contributed by atoms with Gasteiger partial charge in [-0.3, -0.25) is 4.98 Å². The normalized spacial score (nSPS) is 12.4. The van der Waals surface area contributed by atoms with Gasteiger partial charge in [0.05, 0.1) is 11.3 Å². The van der Waals surface area contributed by atoms with Crippen LogP contribution in [0.5, 0.6) is 0 Å². The number of benzene rings is 3. The summed E-state index contributed by atoms with van der Waals surface area (Å²) in [4.78, 5) is 15.6. The molecule has 0 spiro atoms. The van der Waals surface area contributed by atoms with Crippen molar-refractivity contribution in [3.05, 3.63) is 124 Å². The molecule has 0 aliphatic rings. The number of aromatic carboxylic acids is 1. The molecular formula is C30H28N2O3. The van der Waals surface area contributed by atoms with E-state index in [4.69, 9.17) is 5.11 Å². The Bertz CT molecular complexity index is 1350. The molecule has 4 aromatic rings.